The summed E-state index contributed by atoms with van der Waals surface area (Å²) in [7, 11) is 0. The van der Waals surface area contributed by atoms with E-state index in [2.05, 4.69) is 0 Å². The van der Waals surface area contributed by atoms with E-state index in [0.717, 1.165) is 10.8 Å². The number of benzene rings is 2. The molecular formula is C20H22O6. The van der Waals surface area contributed by atoms with Gasteiger partial charge in [-0.25, -0.2) is 0 Å². The van der Waals surface area contributed by atoms with Crippen LogP contribution in [-0.2, 0) is 23.7 Å². The molecule has 0 radical (unpaired) electrons. The van der Waals surface area contributed by atoms with Gasteiger partial charge in [-0.05, 0) is 36.8 Å². The summed E-state index contributed by atoms with van der Waals surface area (Å²) >= 11 is 0. The molecule has 0 aliphatic carbocycles. The summed E-state index contributed by atoms with van der Waals surface area (Å²) in [4.78, 5) is 11.1. The van der Waals surface area contributed by atoms with E-state index in [9.17, 15) is 4.79 Å². The van der Waals surface area contributed by atoms with Crippen molar-refractivity contribution < 1.29 is 28.5 Å². The standard InChI is InChI=1S/C20H22O6/c1-12(21)22-11-16-17-18(26-20(2,3)25-17)19(24-16)23-15-9-8-13-6-4-5-7-14(13)10-15/h4-10,16-19H,11H2,1-3H3/t16-,17-,18-,19-/m1/s1. The molecular weight excluding hydrogens is 336 g/mol. The molecule has 0 spiro atoms. The summed E-state index contributed by atoms with van der Waals surface area (Å²) in [6.45, 7) is 5.17. The summed E-state index contributed by atoms with van der Waals surface area (Å²) in [5.74, 6) is -0.408. The first-order valence-electron chi connectivity index (χ1n) is 8.71. The Morgan fingerprint density at radius 2 is 1.81 bits per heavy atom. The molecule has 0 amide bonds. The highest BCUT2D eigenvalue weighted by Gasteiger charge is 2.56. The third kappa shape index (κ3) is 3.40. The molecule has 0 unspecified atom stereocenters. The van der Waals surface area contributed by atoms with Crippen LogP contribution in [0.2, 0.25) is 0 Å². The lowest BCUT2D eigenvalue weighted by atomic mass is 10.1. The number of carbonyl (C=O) groups is 1. The minimum absolute atomic E-state index is 0.105. The van der Waals surface area contributed by atoms with Crippen LogP contribution in [0.5, 0.6) is 5.75 Å². The van der Waals surface area contributed by atoms with Crippen molar-refractivity contribution in [3.63, 3.8) is 0 Å². The molecule has 2 heterocycles. The molecule has 0 aromatic heterocycles. The van der Waals surface area contributed by atoms with Gasteiger partial charge in [0.2, 0.25) is 6.29 Å². The van der Waals surface area contributed by atoms with E-state index in [-0.39, 0.29) is 18.7 Å². The maximum atomic E-state index is 11.1. The van der Waals surface area contributed by atoms with E-state index < -0.39 is 24.3 Å². The first kappa shape index (κ1) is 17.3. The van der Waals surface area contributed by atoms with Gasteiger partial charge in [-0.1, -0.05) is 30.3 Å². The van der Waals surface area contributed by atoms with Crippen molar-refractivity contribution in [2.45, 2.75) is 51.2 Å². The van der Waals surface area contributed by atoms with Crippen LogP contribution in [0.1, 0.15) is 20.8 Å². The van der Waals surface area contributed by atoms with Crippen LogP contribution in [0.15, 0.2) is 42.5 Å². The highest BCUT2D eigenvalue weighted by molar-refractivity contribution is 5.83. The minimum atomic E-state index is -0.738. The zero-order valence-electron chi connectivity index (χ0n) is 15.0. The van der Waals surface area contributed by atoms with Crippen LogP contribution in [0.3, 0.4) is 0 Å². The highest BCUT2D eigenvalue weighted by atomic mass is 16.8. The summed E-state index contributed by atoms with van der Waals surface area (Å²) in [5.41, 5.74) is 0. The average Bonchev–Trinajstić information content (AvgIpc) is 3.07. The number of fused-ring (bicyclic) bond motifs is 2. The number of esters is 1. The van der Waals surface area contributed by atoms with Gasteiger partial charge in [0.05, 0.1) is 0 Å². The Morgan fingerprint density at radius 1 is 1.08 bits per heavy atom. The number of hydrogen-bond donors (Lipinski definition) is 0. The first-order chi connectivity index (χ1) is 12.4. The maximum absolute atomic E-state index is 11.1. The summed E-state index contributed by atoms with van der Waals surface area (Å²) in [5, 5.41) is 2.22. The van der Waals surface area contributed by atoms with Gasteiger partial charge in [0.15, 0.2) is 11.9 Å². The van der Waals surface area contributed by atoms with Crippen LogP contribution >= 0.6 is 0 Å². The Hall–Kier alpha value is -2.15. The van der Waals surface area contributed by atoms with Crippen molar-refractivity contribution >= 4 is 16.7 Å². The maximum Gasteiger partial charge on any atom is 0.302 e. The second kappa shape index (κ2) is 6.54. The van der Waals surface area contributed by atoms with Crippen LogP contribution in [0.25, 0.3) is 10.8 Å². The Kier molecular flexibility index (Phi) is 4.34. The van der Waals surface area contributed by atoms with Gasteiger partial charge in [0, 0.05) is 6.92 Å². The Bertz CT molecular complexity index is 817. The van der Waals surface area contributed by atoms with Crippen molar-refractivity contribution in [2.75, 3.05) is 6.61 Å². The monoisotopic (exact) mass is 358 g/mol. The van der Waals surface area contributed by atoms with Crippen LogP contribution in [0, 0.1) is 0 Å². The minimum Gasteiger partial charge on any atom is -0.463 e. The van der Waals surface area contributed by atoms with Crippen molar-refractivity contribution in [3.8, 4) is 5.75 Å². The Labute approximate surface area is 151 Å². The fourth-order valence-electron chi connectivity index (χ4n) is 3.45. The number of ether oxygens (including phenoxy) is 5. The third-order valence-corrected chi connectivity index (χ3v) is 4.53. The molecule has 138 valence electrons. The predicted octanol–water partition coefficient (Wildman–Crippen LogP) is 3.03. The Morgan fingerprint density at radius 3 is 2.58 bits per heavy atom. The topological polar surface area (TPSA) is 63.2 Å². The van der Waals surface area contributed by atoms with Crippen molar-refractivity contribution in [2.24, 2.45) is 0 Å². The number of rotatable bonds is 4. The molecule has 6 nitrogen and oxygen atoms in total. The summed E-state index contributed by atoms with van der Waals surface area (Å²) in [6, 6.07) is 13.9. The fraction of sp³-hybridized carbons (Fsp3) is 0.450. The normalized spacial score (nSPS) is 29.5. The molecule has 0 bridgehead atoms. The zero-order valence-corrected chi connectivity index (χ0v) is 15.0. The Balaban J connectivity index is 1.53. The molecule has 2 aliphatic rings. The molecule has 2 saturated heterocycles. The van der Waals surface area contributed by atoms with Gasteiger partial charge < -0.3 is 23.7 Å². The molecule has 2 fully saturated rings. The molecule has 2 aromatic carbocycles. The molecule has 2 aromatic rings. The average molecular weight is 358 g/mol. The van der Waals surface area contributed by atoms with Crippen molar-refractivity contribution in [3.05, 3.63) is 42.5 Å². The number of carbonyl (C=O) groups excluding carboxylic acids is 1. The molecule has 4 atom stereocenters. The van der Waals surface area contributed by atoms with Gasteiger partial charge in [-0.15, -0.1) is 0 Å². The summed E-state index contributed by atoms with van der Waals surface area (Å²) < 4.78 is 29.0. The highest BCUT2D eigenvalue weighted by Crippen LogP contribution is 2.39. The lowest BCUT2D eigenvalue weighted by Gasteiger charge is -2.24. The predicted molar refractivity (Wildman–Crippen MR) is 93.7 cm³/mol. The van der Waals surface area contributed by atoms with E-state index in [1.807, 2.05) is 56.3 Å². The quantitative estimate of drug-likeness (QED) is 0.783. The first-order valence-corrected chi connectivity index (χ1v) is 8.71. The van der Waals surface area contributed by atoms with Gasteiger partial charge in [0.25, 0.3) is 0 Å². The molecule has 0 saturated carbocycles. The fourth-order valence-corrected chi connectivity index (χ4v) is 3.45. The molecule has 0 N–H and O–H groups in total. The summed E-state index contributed by atoms with van der Waals surface area (Å²) in [6.07, 6.45) is -1.81. The van der Waals surface area contributed by atoms with Gasteiger partial charge in [-0.2, -0.15) is 0 Å². The van der Waals surface area contributed by atoms with Gasteiger partial charge in [0.1, 0.15) is 24.6 Å². The van der Waals surface area contributed by atoms with Gasteiger partial charge in [-0.3, -0.25) is 4.79 Å². The SMILES string of the molecule is CC(=O)OC[C@H]1O[C@@H](Oc2ccc3ccccc3c2)[C@@H]2OC(C)(C)O[C@@H]21. The number of hydrogen-bond acceptors (Lipinski definition) is 6. The largest absolute Gasteiger partial charge is 0.463 e. The molecule has 4 rings (SSSR count). The van der Waals surface area contributed by atoms with E-state index in [4.69, 9.17) is 23.7 Å². The molecule has 6 heteroatoms. The second-order valence-corrected chi connectivity index (χ2v) is 7.04. The van der Waals surface area contributed by atoms with Gasteiger partial charge >= 0.3 is 5.97 Å². The lowest BCUT2D eigenvalue weighted by molar-refractivity contribution is -0.218. The van der Waals surface area contributed by atoms with E-state index in [1.165, 1.54) is 6.92 Å². The van der Waals surface area contributed by atoms with E-state index >= 15 is 0 Å². The van der Waals surface area contributed by atoms with Crippen molar-refractivity contribution in [1.82, 2.24) is 0 Å². The van der Waals surface area contributed by atoms with E-state index in [1.54, 1.807) is 0 Å². The van der Waals surface area contributed by atoms with Crippen LogP contribution in [0.4, 0.5) is 0 Å². The molecule has 2 aliphatic heterocycles. The smallest absolute Gasteiger partial charge is 0.302 e. The third-order valence-electron chi connectivity index (χ3n) is 4.53. The lowest BCUT2D eigenvalue weighted by Crippen LogP contribution is -2.33. The second-order valence-electron chi connectivity index (χ2n) is 7.04. The molecule has 26 heavy (non-hydrogen) atoms. The van der Waals surface area contributed by atoms with E-state index in [0.29, 0.717) is 5.75 Å². The van der Waals surface area contributed by atoms with Crippen LogP contribution in [-0.4, -0.2) is 43.0 Å². The van der Waals surface area contributed by atoms with Crippen molar-refractivity contribution in [1.29, 1.82) is 0 Å². The zero-order chi connectivity index (χ0) is 18.3. The van der Waals surface area contributed by atoms with Crippen LogP contribution < -0.4 is 4.74 Å².